The molecule has 0 unspecified atom stereocenters. The van der Waals surface area contributed by atoms with Gasteiger partial charge in [0, 0.05) is 37.7 Å². The molecule has 7 nitrogen and oxygen atoms in total. The zero-order chi connectivity index (χ0) is 26.7. The van der Waals surface area contributed by atoms with Crippen molar-refractivity contribution in [1.29, 1.82) is 0 Å². The third-order valence-corrected chi connectivity index (χ3v) is 7.23. The summed E-state index contributed by atoms with van der Waals surface area (Å²) < 4.78 is 5.95. The van der Waals surface area contributed by atoms with Gasteiger partial charge in [-0.3, -0.25) is 10.1 Å². The molecule has 0 radical (unpaired) electrons. The summed E-state index contributed by atoms with van der Waals surface area (Å²) in [5.41, 5.74) is 8.73. The van der Waals surface area contributed by atoms with E-state index in [-0.39, 0.29) is 12.6 Å². The summed E-state index contributed by atoms with van der Waals surface area (Å²) in [6.45, 7) is 6.00. The summed E-state index contributed by atoms with van der Waals surface area (Å²) in [6.07, 6.45) is 2.36. The molecule has 4 rings (SSSR count). The number of rotatable bonds is 12. The summed E-state index contributed by atoms with van der Waals surface area (Å²) in [5.74, 6) is 0.855. The number of aryl methyl sites for hydroxylation is 1. The lowest BCUT2D eigenvalue weighted by atomic mass is 9.96. The molecule has 0 saturated carbocycles. The highest BCUT2D eigenvalue weighted by Gasteiger charge is 2.26. The number of primary amides is 1. The molecule has 1 heterocycles. The average Bonchev–Trinajstić information content (AvgIpc) is 2.94. The van der Waals surface area contributed by atoms with E-state index < -0.39 is 6.03 Å². The van der Waals surface area contributed by atoms with Crippen LogP contribution in [0, 0.1) is 0 Å². The molecule has 3 aromatic carbocycles. The van der Waals surface area contributed by atoms with Gasteiger partial charge >= 0.3 is 6.03 Å². The second kappa shape index (κ2) is 14.2. The number of ether oxygens (including phenoxy) is 1. The Kier molecular flexibility index (Phi) is 10.4. The Hall–Kier alpha value is -3.10. The van der Waals surface area contributed by atoms with Crippen LogP contribution in [0.5, 0.6) is 5.75 Å². The van der Waals surface area contributed by atoms with Crippen molar-refractivity contribution in [3.63, 3.8) is 0 Å². The van der Waals surface area contributed by atoms with Crippen LogP contribution in [0.15, 0.2) is 78.9 Å². The smallest absolute Gasteiger partial charge is 0.338 e. The van der Waals surface area contributed by atoms with Crippen molar-refractivity contribution in [1.82, 2.24) is 14.9 Å². The molecular weight excluding hydrogens is 500 g/mol. The second-order valence-corrected chi connectivity index (χ2v) is 10.1. The molecule has 38 heavy (non-hydrogen) atoms. The quantitative estimate of drug-likeness (QED) is 0.188. The van der Waals surface area contributed by atoms with Gasteiger partial charge in [-0.2, -0.15) is 0 Å². The molecule has 1 aliphatic rings. The summed E-state index contributed by atoms with van der Waals surface area (Å²) >= 11 is 6.16. The Labute approximate surface area is 230 Å². The van der Waals surface area contributed by atoms with Gasteiger partial charge in [-0.15, -0.1) is 0 Å². The van der Waals surface area contributed by atoms with Gasteiger partial charge in [-0.1, -0.05) is 66.2 Å². The van der Waals surface area contributed by atoms with Crippen LogP contribution in [0.3, 0.4) is 0 Å². The Morgan fingerprint density at radius 3 is 2.24 bits per heavy atom. The first-order chi connectivity index (χ1) is 18.5. The first-order valence-electron chi connectivity index (χ1n) is 13.2. The van der Waals surface area contributed by atoms with E-state index in [9.17, 15) is 10.0 Å². The topological polar surface area (TPSA) is 82.3 Å². The highest BCUT2D eigenvalue weighted by atomic mass is 35.5. The van der Waals surface area contributed by atoms with Gasteiger partial charge in [0.15, 0.2) is 0 Å². The Morgan fingerprint density at radius 2 is 1.58 bits per heavy atom. The molecule has 0 spiro atoms. The first-order valence-corrected chi connectivity index (χ1v) is 13.6. The fourth-order valence-corrected chi connectivity index (χ4v) is 5.04. The number of amides is 2. The maximum Gasteiger partial charge on any atom is 0.338 e. The minimum absolute atomic E-state index is 0.218. The van der Waals surface area contributed by atoms with Crippen molar-refractivity contribution in [3.05, 3.63) is 101 Å². The van der Waals surface area contributed by atoms with Gasteiger partial charge < -0.3 is 15.4 Å². The molecule has 1 aliphatic heterocycles. The molecule has 0 aromatic heterocycles. The molecule has 0 aliphatic carbocycles. The average molecular weight is 537 g/mol. The lowest BCUT2D eigenvalue weighted by Crippen LogP contribution is -2.48. The van der Waals surface area contributed by atoms with Crippen molar-refractivity contribution in [2.24, 2.45) is 5.73 Å². The largest absolute Gasteiger partial charge is 0.494 e. The maximum absolute atomic E-state index is 10.8. The van der Waals surface area contributed by atoms with Crippen LogP contribution < -0.4 is 10.5 Å². The van der Waals surface area contributed by atoms with E-state index in [4.69, 9.17) is 22.1 Å². The predicted octanol–water partition coefficient (Wildman–Crippen LogP) is 5.22. The van der Waals surface area contributed by atoms with Crippen molar-refractivity contribution < 1.29 is 14.7 Å². The normalized spacial score (nSPS) is 15.2. The minimum atomic E-state index is -0.829. The monoisotopic (exact) mass is 536 g/mol. The van der Waals surface area contributed by atoms with E-state index >= 15 is 0 Å². The zero-order valence-electron chi connectivity index (χ0n) is 21.7. The molecule has 3 aromatic rings. The number of carbonyl (C=O) groups excluding carboxylic acids is 1. The van der Waals surface area contributed by atoms with Gasteiger partial charge in [-0.25, -0.2) is 9.86 Å². The third kappa shape index (κ3) is 8.20. The van der Waals surface area contributed by atoms with Crippen LogP contribution in [0.2, 0.25) is 5.02 Å². The van der Waals surface area contributed by atoms with Gasteiger partial charge in [0.25, 0.3) is 0 Å². The van der Waals surface area contributed by atoms with E-state index in [1.165, 1.54) is 11.1 Å². The van der Waals surface area contributed by atoms with E-state index in [0.29, 0.717) is 18.1 Å². The zero-order valence-corrected chi connectivity index (χ0v) is 22.5. The number of hydroxylamine groups is 2. The fraction of sp³-hybridized carbons (Fsp3) is 0.367. The van der Waals surface area contributed by atoms with E-state index in [1.807, 2.05) is 36.4 Å². The number of halogens is 1. The van der Waals surface area contributed by atoms with Gasteiger partial charge in [0.1, 0.15) is 5.75 Å². The van der Waals surface area contributed by atoms with Crippen LogP contribution in [-0.4, -0.2) is 72.0 Å². The van der Waals surface area contributed by atoms with Crippen molar-refractivity contribution in [2.75, 3.05) is 45.9 Å². The van der Waals surface area contributed by atoms with E-state index in [0.717, 1.165) is 61.9 Å². The number of nitrogens with two attached hydrogens (primary N) is 1. The molecule has 202 valence electrons. The Bertz CT molecular complexity index is 1120. The molecule has 3 N–H and O–H groups in total. The predicted molar refractivity (Wildman–Crippen MR) is 151 cm³/mol. The van der Waals surface area contributed by atoms with Crippen LogP contribution in [0.25, 0.3) is 0 Å². The van der Waals surface area contributed by atoms with Crippen LogP contribution in [0.4, 0.5) is 4.79 Å². The van der Waals surface area contributed by atoms with Crippen LogP contribution in [-0.2, 0) is 6.42 Å². The van der Waals surface area contributed by atoms with Gasteiger partial charge in [0.05, 0.1) is 19.2 Å². The summed E-state index contributed by atoms with van der Waals surface area (Å²) in [7, 11) is 0. The van der Waals surface area contributed by atoms with Crippen molar-refractivity contribution >= 4 is 17.6 Å². The van der Waals surface area contributed by atoms with Crippen molar-refractivity contribution in [3.8, 4) is 5.75 Å². The van der Waals surface area contributed by atoms with Crippen LogP contribution in [0.1, 0.15) is 35.6 Å². The lowest BCUT2D eigenvalue weighted by Gasteiger charge is -2.39. The Balaban J connectivity index is 1.19. The van der Waals surface area contributed by atoms with E-state index in [1.54, 1.807) is 0 Å². The van der Waals surface area contributed by atoms with Gasteiger partial charge in [-0.05, 0) is 60.2 Å². The second-order valence-electron chi connectivity index (χ2n) is 9.65. The number of piperazine rings is 1. The Morgan fingerprint density at radius 1 is 0.921 bits per heavy atom. The molecule has 8 heteroatoms. The number of nitrogens with zero attached hydrogens (tertiary/aromatic N) is 3. The summed E-state index contributed by atoms with van der Waals surface area (Å²) in [5, 5.41) is 10.6. The number of urea groups is 1. The molecule has 2 amide bonds. The molecule has 1 saturated heterocycles. The molecule has 1 fully saturated rings. The molecule has 0 bridgehead atoms. The molecule has 1 atom stereocenters. The summed E-state index contributed by atoms with van der Waals surface area (Å²) in [6, 6.07) is 26.3. The number of hydrogen-bond donors (Lipinski definition) is 2. The number of benzene rings is 3. The lowest BCUT2D eigenvalue weighted by molar-refractivity contribution is -0.0398. The number of carbonyl (C=O) groups is 1. The summed E-state index contributed by atoms with van der Waals surface area (Å²) in [4.78, 5) is 15.9. The van der Waals surface area contributed by atoms with Crippen molar-refractivity contribution in [2.45, 2.75) is 25.3 Å². The fourth-order valence-electron chi connectivity index (χ4n) is 4.91. The minimum Gasteiger partial charge on any atom is -0.494 e. The standard InChI is InChI=1S/C30H37ClN4O3/c31-27-13-11-26(12-14-27)29(25-7-2-1-3-8-25)34-21-19-33(20-22-34)17-5-23-38-28-15-9-24(10-16-28)6-4-18-35(37)30(32)36/h1-3,7-16,29,37H,4-6,17-23H2,(H2,32,36)/t29-/m1/s1. The first kappa shape index (κ1) is 27.9. The number of hydrogen-bond acceptors (Lipinski definition) is 5. The van der Waals surface area contributed by atoms with E-state index in [2.05, 4.69) is 52.3 Å². The SMILES string of the molecule is NC(=O)N(O)CCCc1ccc(OCCCN2CCN([C@H](c3ccccc3)c3ccc(Cl)cc3)CC2)cc1. The highest BCUT2D eigenvalue weighted by molar-refractivity contribution is 6.30. The maximum atomic E-state index is 10.8. The van der Waals surface area contributed by atoms with Crippen LogP contribution >= 0.6 is 11.6 Å². The van der Waals surface area contributed by atoms with Gasteiger partial charge in [0.2, 0.25) is 0 Å². The third-order valence-electron chi connectivity index (χ3n) is 6.97. The molecular formula is C30H37ClN4O3. The highest BCUT2D eigenvalue weighted by Crippen LogP contribution is 2.30.